The predicted molar refractivity (Wildman–Crippen MR) is 80.1 cm³/mol. The van der Waals surface area contributed by atoms with Crippen molar-refractivity contribution in [3.05, 3.63) is 34.1 Å². The molecule has 1 spiro atoms. The molecule has 6 heteroatoms. The van der Waals surface area contributed by atoms with Gasteiger partial charge in [0.05, 0.1) is 17.2 Å². The zero-order valence-electron chi connectivity index (χ0n) is 12.3. The van der Waals surface area contributed by atoms with Crippen LogP contribution in [0.1, 0.15) is 24.0 Å². The first-order chi connectivity index (χ1) is 10.6. The van der Waals surface area contributed by atoms with E-state index >= 15 is 0 Å². The number of nitriles is 1. The lowest BCUT2D eigenvalue weighted by atomic mass is 9.92. The van der Waals surface area contributed by atoms with Crippen molar-refractivity contribution in [2.75, 3.05) is 32.9 Å². The Morgan fingerprint density at radius 2 is 2.09 bits per heavy atom. The quantitative estimate of drug-likeness (QED) is 0.839. The summed E-state index contributed by atoms with van der Waals surface area (Å²) in [5, 5.41) is 9.22. The van der Waals surface area contributed by atoms with Crippen LogP contribution in [-0.2, 0) is 16.0 Å². The molecule has 118 valence electrons. The Morgan fingerprint density at radius 1 is 1.32 bits per heavy atom. The molecule has 0 aliphatic carbocycles. The van der Waals surface area contributed by atoms with Gasteiger partial charge >= 0.3 is 0 Å². The first-order valence-electron chi connectivity index (χ1n) is 7.45. The summed E-state index contributed by atoms with van der Waals surface area (Å²) in [6, 6.07) is 4.80. The Bertz CT molecular complexity index is 591. The van der Waals surface area contributed by atoms with E-state index in [9.17, 15) is 4.39 Å². The van der Waals surface area contributed by atoms with E-state index in [4.69, 9.17) is 26.3 Å². The molecular weight excluding hydrogens is 307 g/mol. The molecule has 0 amide bonds. The highest BCUT2D eigenvalue weighted by atomic mass is 35.5. The van der Waals surface area contributed by atoms with Crippen molar-refractivity contribution in [2.24, 2.45) is 0 Å². The third-order valence-electron chi connectivity index (χ3n) is 4.41. The van der Waals surface area contributed by atoms with Gasteiger partial charge in [-0.25, -0.2) is 4.39 Å². The van der Waals surface area contributed by atoms with E-state index in [1.807, 2.05) is 6.07 Å². The summed E-state index contributed by atoms with van der Waals surface area (Å²) in [7, 11) is 0. The van der Waals surface area contributed by atoms with E-state index in [-0.39, 0.29) is 16.2 Å². The van der Waals surface area contributed by atoms with Gasteiger partial charge in [-0.15, -0.1) is 0 Å². The minimum absolute atomic E-state index is 0.0757. The van der Waals surface area contributed by atoms with E-state index in [1.165, 1.54) is 6.07 Å². The fraction of sp³-hybridized carbons (Fsp3) is 0.562. The number of rotatable bonds is 2. The maximum absolute atomic E-state index is 13.5. The fourth-order valence-electron chi connectivity index (χ4n) is 3.17. The Morgan fingerprint density at radius 3 is 2.82 bits per heavy atom. The van der Waals surface area contributed by atoms with Gasteiger partial charge in [-0.3, -0.25) is 4.90 Å². The molecule has 0 unspecified atom stereocenters. The normalized spacial score (nSPS) is 21.7. The summed E-state index contributed by atoms with van der Waals surface area (Å²) in [6.07, 6.45) is 1.79. The second-order valence-electron chi connectivity index (χ2n) is 5.86. The van der Waals surface area contributed by atoms with Gasteiger partial charge in [-0.2, -0.15) is 5.26 Å². The van der Waals surface area contributed by atoms with Crippen molar-refractivity contribution >= 4 is 11.6 Å². The van der Waals surface area contributed by atoms with Crippen LogP contribution in [0.5, 0.6) is 0 Å². The number of nitrogens with zero attached hydrogens (tertiary/aromatic N) is 2. The molecule has 4 nitrogen and oxygen atoms in total. The standard InChI is InChI=1S/C16H18ClFN2O2/c17-15-12(1-2-14(18)13(15)9-19)10-20-5-8-22-16(11-20)3-6-21-7-4-16/h1-2H,3-8,10-11H2. The van der Waals surface area contributed by atoms with E-state index in [0.717, 1.165) is 44.7 Å². The van der Waals surface area contributed by atoms with Gasteiger partial charge in [0.2, 0.25) is 0 Å². The van der Waals surface area contributed by atoms with Crippen LogP contribution in [0.4, 0.5) is 4.39 Å². The second kappa shape index (κ2) is 6.51. The number of ether oxygens (including phenoxy) is 2. The van der Waals surface area contributed by atoms with Crippen molar-refractivity contribution in [3.8, 4) is 6.07 Å². The van der Waals surface area contributed by atoms with Crippen molar-refractivity contribution < 1.29 is 13.9 Å². The first-order valence-corrected chi connectivity index (χ1v) is 7.82. The average molecular weight is 325 g/mol. The molecule has 0 radical (unpaired) electrons. The lowest BCUT2D eigenvalue weighted by molar-refractivity contribution is -0.155. The van der Waals surface area contributed by atoms with E-state index in [1.54, 1.807) is 6.07 Å². The second-order valence-corrected chi connectivity index (χ2v) is 6.24. The summed E-state index contributed by atoms with van der Waals surface area (Å²) in [5.41, 5.74) is 0.568. The van der Waals surface area contributed by atoms with Gasteiger partial charge < -0.3 is 9.47 Å². The number of hydrogen-bond acceptors (Lipinski definition) is 4. The Hall–Kier alpha value is -1.19. The van der Waals surface area contributed by atoms with Crippen LogP contribution in [0.3, 0.4) is 0 Å². The summed E-state index contributed by atoms with van der Waals surface area (Å²) >= 11 is 6.17. The largest absolute Gasteiger partial charge is 0.381 e. The Kier molecular flexibility index (Phi) is 4.65. The molecule has 0 bridgehead atoms. The minimum atomic E-state index is -0.570. The fourth-order valence-corrected chi connectivity index (χ4v) is 3.42. The molecule has 3 rings (SSSR count). The monoisotopic (exact) mass is 324 g/mol. The molecule has 1 aromatic rings. The van der Waals surface area contributed by atoms with Gasteiger partial charge in [-0.05, 0) is 11.6 Å². The van der Waals surface area contributed by atoms with Crippen LogP contribution < -0.4 is 0 Å². The predicted octanol–water partition coefficient (Wildman–Crippen LogP) is 2.73. The molecule has 0 N–H and O–H groups in total. The van der Waals surface area contributed by atoms with E-state index < -0.39 is 5.82 Å². The van der Waals surface area contributed by atoms with Crippen LogP contribution in [0, 0.1) is 17.1 Å². The smallest absolute Gasteiger partial charge is 0.142 e. The van der Waals surface area contributed by atoms with Crippen LogP contribution >= 0.6 is 11.6 Å². The zero-order valence-corrected chi connectivity index (χ0v) is 13.0. The third kappa shape index (κ3) is 3.11. The number of hydrogen-bond donors (Lipinski definition) is 0. The highest BCUT2D eigenvalue weighted by molar-refractivity contribution is 6.32. The van der Waals surface area contributed by atoms with Crippen molar-refractivity contribution in [1.29, 1.82) is 5.26 Å². The molecular formula is C16H18ClFN2O2. The molecule has 22 heavy (non-hydrogen) atoms. The van der Waals surface area contributed by atoms with Gasteiger partial charge in [0, 0.05) is 45.7 Å². The van der Waals surface area contributed by atoms with Gasteiger partial charge in [0.15, 0.2) is 0 Å². The van der Waals surface area contributed by atoms with E-state index in [0.29, 0.717) is 13.2 Å². The SMILES string of the molecule is N#Cc1c(F)ccc(CN2CCOC3(CCOCC3)C2)c1Cl. The van der Waals surface area contributed by atoms with Crippen LogP contribution in [0.25, 0.3) is 0 Å². The first kappa shape index (κ1) is 15.7. The average Bonchev–Trinajstić information content (AvgIpc) is 2.52. The maximum atomic E-state index is 13.5. The Labute approximate surface area is 134 Å². The zero-order chi connectivity index (χ0) is 15.6. The molecule has 2 aliphatic heterocycles. The van der Waals surface area contributed by atoms with E-state index in [2.05, 4.69) is 4.90 Å². The highest BCUT2D eigenvalue weighted by Crippen LogP contribution is 2.31. The molecule has 1 aromatic carbocycles. The molecule has 2 fully saturated rings. The third-order valence-corrected chi connectivity index (χ3v) is 4.84. The summed E-state index contributed by atoms with van der Waals surface area (Å²) in [6.45, 7) is 4.33. The molecule has 2 heterocycles. The molecule has 0 atom stereocenters. The van der Waals surface area contributed by atoms with Gasteiger partial charge in [-0.1, -0.05) is 17.7 Å². The van der Waals surface area contributed by atoms with Crippen molar-refractivity contribution in [2.45, 2.75) is 25.0 Å². The summed E-state index contributed by atoms with van der Waals surface area (Å²) in [5.74, 6) is -0.570. The van der Waals surface area contributed by atoms with Gasteiger partial charge in [0.25, 0.3) is 0 Å². The minimum Gasteiger partial charge on any atom is -0.381 e. The maximum Gasteiger partial charge on any atom is 0.142 e. The van der Waals surface area contributed by atoms with Crippen molar-refractivity contribution in [3.63, 3.8) is 0 Å². The lowest BCUT2D eigenvalue weighted by Gasteiger charge is -2.45. The lowest BCUT2D eigenvalue weighted by Crippen LogP contribution is -2.54. The van der Waals surface area contributed by atoms with Crippen molar-refractivity contribution in [1.82, 2.24) is 4.90 Å². The number of benzene rings is 1. The topological polar surface area (TPSA) is 45.5 Å². The highest BCUT2D eigenvalue weighted by Gasteiger charge is 2.38. The Balaban J connectivity index is 1.75. The van der Waals surface area contributed by atoms with Crippen LogP contribution in [0.15, 0.2) is 12.1 Å². The molecule has 0 aromatic heterocycles. The molecule has 2 saturated heterocycles. The van der Waals surface area contributed by atoms with Crippen LogP contribution in [0.2, 0.25) is 5.02 Å². The summed E-state index contributed by atoms with van der Waals surface area (Å²) in [4.78, 5) is 2.26. The molecule has 2 aliphatic rings. The summed E-state index contributed by atoms with van der Waals surface area (Å²) < 4.78 is 25.0. The number of morpholine rings is 1. The molecule has 0 saturated carbocycles. The van der Waals surface area contributed by atoms with Crippen LogP contribution in [-0.4, -0.2) is 43.4 Å². The van der Waals surface area contributed by atoms with Gasteiger partial charge in [0.1, 0.15) is 17.4 Å². The number of halogens is 2.